The van der Waals surface area contributed by atoms with Crippen LogP contribution < -0.4 is 0 Å². The van der Waals surface area contributed by atoms with E-state index in [0.29, 0.717) is 5.71 Å². The van der Waals surface area contributed by atoms with E-state index in [1.165, 1.54) is 0 Å². The zero-order valence-corrected chi connectivity index (χ0v) is 12.4. The number of furan rings is 1. The van der Waals surface area contributed by atoms with E-state index < -0.39 is 0 Å². The summed E-state index contributed by atoms with van der Waals surface area (Å²) in [4.78, 5) is 4.37. The molecule has 0 bridgehead atoms. The quantitative estimate of drug-likeness (QED) is 0.476. The fourth-order valence-corrected chi connectivity index (χ4v) is 2.45. The fraction of sp³-hybridized carbons (Fsp3) is 0.0556. The predicted molar refractivity (Wildman–Crippen MR) is 88.0 cm³/mol. The Morgan fingerprint density at radius 2 is 1.71 bits per heavy atom. The number of benzene rings is 2. The van der Waals surface area contributed by atoms with Crippen LogP contribution in [0, 0.1) is 6.92 Å². The van der Waals surface area contributed by atoms with Crippen LogP contribution >= 0.6 is 11.6 Å². The van der Waals surface area contributed by atoms with E-state index in [2.05, 4.69) is 11.6 Å². The topological polar surface area (TPSA) is 25.5 Å². The summed E-state index contributed by atoms with van der Waals surface area (Å²) in [6, 6.07) is 17.8. The number of hydrogen-bond acceptors (Lipinski definition) is 2. The van der Waals surface area contributed by atoms with E-state index in [0.717, 1.165) is 27.9 Å². The lowest BCUT2D eigenvalue weighted by Gasteiger charge is -2.05. The van der Waals surface area contributed by atoms with Crippen molar-refractivity contribution in [1.82, 2.24) is 0 Å². The van der Waals surface area contributed by atoms with Crippen molar-refractivity contribution in [3.63, 3.8) is 0 Å². The molecular weight excluding hydrogens is 282 g/mol. The average molecular weight is 296 g/mol. The highest BCUT2D eigenvalue weighted by Crippen LogP contribution is 2.28. The summed E-state index contributed by atoms with van der Waals surface area (Å²) in [5, 5.41) is 1.31. The first-order valence-corrected chi connectivity index (χ1v) is 7.01. The van der Waals surface area contributed by atoms with Crippen LogP contribution in [0.5, 0.6) is 0 Å². The minimum atomic E-state index is 0.230. The van der Waals surface area contributed by atoms with Crippen LogP contribution in [0.2, 0.25) is 0 Å². The number of rotatable bonds is 3. The molecule has 0 aliphatic carbocycles. The van der Waals surface area contributed by atoms with E-state index in [4.69, 9.17) is 16.0 Å². The van der Waals surface area contributed by atoms with Gasteiger partial charge in [0.15, 0.2) is 5.76 Å². The standard InChI is InChI=1S/C18H14ClNO/c1-12-15-10-6-7-11-16(15)21-18(12)17(20-13(2)19)14-8-4-3-5-9-14/h3-11H,2H2,1H3/b20-17-. The highest BCUT2D eigenvalue weighted by molar-refractivity contribution is 6.30. The Labute approximate surface area is 128 Å². The maximum atomic E-state index is 5.99. The summed E-state index contributed by atoms with van der Waals surface area (Å²) >= 11 is 5.90. The minimum Gasteiger partial charge on any atom is -0.454 e. The lowest BCUT2D eigenvalue weighted by molar-refractivity contribution is 0.602. The molecule has 2 nitrogen and oxygen atoms in total. The number of hydrogen-bond donors (Lipinski definition) is 0. The van der Waals surface area contributed by atoms with Gasteiger partial charge in [0.25, 0.3) is 0 Å². The first-order valence-electron chi connectivity index (χ1n) is 6.64. The van der Waals surface area contributed by atoms with Gasteiger partial charge < -0.3 is 4.42 Å². The van der Waals surface area contributed by atoms with Gasteiger partial charge in [-0.05, 0) is 13.0 Å². The number of halogens is 1. The number of fused-ring (bicyclic) bond motifs is 1. The Bertz CT molecular complexity index is 831. The van der Waals surface area contributed by atoms with Crippen LogP contribution in [-0.4, -0.2) is 5.71 Å². The number of nitrogens with zero attached hydrogens (tertiary/aromatic N) is 1. The van der Waals surface area contributed by atoms with E-state index >= 15 is 0 Å². The molecule has 0 saturated carbocycles. The van der Waals surface area contributed by atoms with Crippen molar-refractivity contribution < 1.29 is 4.42 Å². The maximum absolute atomic E-state index is 5.99. The molecule has 0 spiro atoms. The number of aryl methyl sites for hydroxylation is 1. The van der Waals surface area contributed by atoms with Gasteiger partial charge in [-0.2, -0.15) is 0 Å². The van der Waals surface area contributed by atoms with Gasteiger partial charge in [0.2, 0.25) is 0 Å². The molecule has 21 heavy (non-hydrogen) atoms. The summed E-state index contributed by atoms with van der Waals surface area (Å²) in [6.07, 6.45) is 0. The molecule has 0 aliphatic heterocycles. The molecule has 0 atom stereocenters. The summed E-state index contributed by atoms with van der Waals surface area (Å²) in [6.45, 7) is 5.69. The normalized spacial score (nSPS) is 11.8. The third-order valence-corrected chi connectivity index (χ3v) is 3.42. The minimum absolute atomic E-state index is 0.230. The molecule has 0 N–H and O–H groups in total. The smallest absolute Gasteiger partial charge is 0.157 e. The van der Waals surface area contributed by atoms with Crippen molar-refractivity contribution >= 4 is 28.3 Å². The first-order chi connectivity index (χ1) is 10.2. The van der Waals surface area contributed by atoms with Crippen molar-refractivity contribution in [2.24, 2.45) is 4.99 Å². The lowest BCUT2D eigenvalue weighted by Crippen LogP contribution is -2.03. The largest absolute Gasteiger partial charge is 0.454 e. The molecule has 1 heterocycles. The second-order valence-electron chi connectivity index (χ2n) is 4.76. The van der Waals surface area contributed by atoms with Crippen LogP contribution in [0.25, 0.3) is 11.0 Å². The summed E-state index contributed by atoms with van der Waals surface area (Å²) in [7, 11) is 0. The molecule has 1 aromatic heterocycles. The van der Waals surface area contributed by atoms with Crippen molar-refractivity contribution in [2.45, 2.75) is 6.92 Å². The molecule has 3 aromatic rings. The first kappa shape index (κ1) is 13.7. The number of aliphatic imine (C=N–C) groups is 1. The summed E-state index contributed by atoms with van der Waals surface area (Å²) in [5.41, 5.74) is 3.53. The molecule has 3 heteroatoms. The van der Waals surface area contributed by atoms with Crippen molar-refractivity contribution in [2.75, 3.05) is 0 Å². The SMILES string of the molecule is C=C(Cl)/N=C(/c1ccccc1)c1oc2ccccc2c1C. The lowest BCUT2D eigenvalue weighted by atomic mass is 10.0. The predicted octanol–water partition coefficient (Wildman–Crippen LogP) is 5.29. The Kier molecular flexibility index (Phi) is 3.63. The van der Waals surface area contributed by atoms with E-state index in [9.17, 15) is 0 Å². The van der Waals surface area contributed by atoms with Crippen molar-refractivity contribution in [1.29, 1.82) is 0 Å². The average Bonchev–Trinajstić information content (AvgIpc) is 2.83. The van der Waals surface area contributed by atoms with Crippen LogP contribution in [0.15, 0.2) is 75.7 Å². The zero-order valence-electron chi connectivity index (χ0n) is 11.6. The zero-order chi connectivity index (χ0) is 14.8. The molecule has 0 saturated heterocycles. The van der Waals surface area contributed by atoms with Gasteiger partial charge in [-0.1, -0.05) is 66.7 Å². The molecule has 0 radical (unpaired) electrons. The maximum Gasteiger partial charge on any atom is 0.157 e. The van der Waals surface area contributed by atoms with Gasteiger partial charge in [-0.15, -0.1) is 0 Å². The van der Waals surface area contributed by atoms with Gasteiger partial charge >= 0.3 is 0 Å². The third-order valence-electron chi connectivity index (χ3n) is 3.34. The van der Waals surface area contributed by atoms with E-state index in [1.807, 2.05) is 61.5 Å². The second kappa shape index (κ2) is 5.58. The van der Waals surface area contributed by atoms with Gasteiger partial charge in [0, 0.05) is 16.5 Å². The monoisotopic (exact) mass is 295 g/mol. The summed E-state index contributed by atoms with van der Waals surface area (Å²) in [5.74, 6) is 0.726. The third kappa shape index (κ3) is 2.63. The second-order valence-corrected chi connectivity index (χ2v) is 5.19. The van der Waals surface area contributed by atoms with Gasteiger partial charge in [0.05, 0.1) is 0 Å². The van der Waals surface area contributed by atoms with Crippen LogP contribution in [0.1, 0.15) is 16.9 Å². The van der Waals surface area contributed by atoms with E-state index in [-0.39, 0.29) is 5.16 Å². The van der Waals surface area contributed by atoms with Gasteiger partial charge in [-0.3, -0.25) is 0 Å². The molecule has 0 fully saturated rings. The Balaban J connectivity index is 2.25. The Morgan fingerprint density at radius 3 is 2.38 bits per heavy atom. The molecule has 104 valence electrons. The highest BCUT2D eigenvalue weighted by Gasteiger charge is 2.17. The fourth-order valence-electron chi connectivity index (χ4n) is 2.36. The molecule has 0 aliphatic rings. The summed E-state index contributed by atoms with van der Waals surface area (Å²) < 4.78 is 5.99. The Morgan fingerprint density at radius 1 is 1.05 bits per heavy atom. The van der Waals surface area contributed by atoms with Gasteiger partial charge in [0.1, 0.15) is 16.5 Å². The Hall–Kier alpha value is -2.32. The van der Waals surface area contributed by atoms with Crippen LogP contribution in [0.4, 0.5) is 0 Å². The highest BCUT2D eigenvalue weighted by atomic mass is 35.5. The van der Waals surface area contributed by atoms with Gasteiger partial charge in [-0.25, -0.2) is 4.99 Å². The molecule has 3 rings (SSSR count). The number of para-hydroxylation sites is 1. The molecule has 2 aromatic carbocycles. The molecular formula is C18H14ClNO. The van der Waals surface area contributed by atoms with Crippen LogP contribution in [-0.2, 0) is 0 Å². The van der Waals surface area contributed by atoms with Crippen LogP contribution in [0.3, 0.4) is 0 Å². The van der Waals surface area contributed by atoms with Crippen molar-refractivity contribution in [3.05, 3.63) is 83.2 Å². The van der Waals surface area contributed by atoms with E-state index in [1.54, 1.807) is 0 Å². The molecule has 0 amide bonds. The molecule has 0 unspecified atom stereocenters. The van der Waals surface area contributed by atoms with Crippen molar-refractivity contribution in [3.8, 4) is 0 Å².